The van der Waals surface area contributed by atoms with Crippen LogP contribution in [0.15, 0.2) is 58.1 Å². The average Bonchev–Trinajstić information content (AvgIpc) is 3.17. The zero-order valence-corrected chi connectivity index (χ0v) is 17.9. The van der Waals surface area contributed by atoms with Crippen LogP contribution in [0, 0.1) is 10.1 Å². The van der Waals surface area contributed by atoms with Crippen molar-refractivity contribution >= 4 is 69.8 Å². The second-order valence-corrected chi connectivity index (χ2v) is 7.43. The standard InChI is InChI=1S/C12H6Cl3NO3S.C6H5N3O/c13-8-5-7(20)1-2-11(8)19-12-9(14)3-6(16(17)18)4-10(12)15;7-4-2-1-3-5-6(4)9-10-8-5/h1-5,20H;1-3H,7H2. The molecule has 0 bridgehead atoms. The van der Waals surface area contributed by atoms with Crippen LogP contribution in [0.25, 0.3) is 11.0 Å². The molecule has 0 saturated heterocycles. The van der Waals surface area contributed by atoms with Gasteiger partial charge in [-0.1, -0.05) is 40.9 Å². The van der Waals surface area contributed by atoms with Gasteiger partial charge in [0, 0.05) is 17.0 Å². The van der Waals surface area contributed by atoms with Gasteiger partial charge in [0.1, 0.15) is 11.3 Å². The number of aromatic nitrogens is 2. The Morgan fingerprint density at radius 2 is 1.73 bits per heavy atom. The smallest absolute Gasteiger partial charge is 0.272 e. The van der Waals surface area contributed by atoms with Gasteiger partial charge in [-0.05, 0) is 40.6 Å². The average molecular weight is 486 g/mol. The van der Waals surface area contributed by atoms with Gasteiger partial charge < -0.3 is 10.5 Å². The maximum absolute atomic E-state index is 10.7. The van der Waals surface area contributed by atoms with Crippen molar-refractivity contribution in [2.24, 2.45) is 0 Å². The van der Waals surface area contributed by atoms with E-state index in [4.69, 9.17) is 45.3 Å². The van der Waals surface area contributed by atoms with Crippen molar-refractivity contribution in [3.63, 3.8) is 0 Å². The molecule has 1 aromatic heterocycles. The molecule has 0 saturated carbocycles. The Morgan fingerprint density at radius 3 is 2.33 bits per heavy atom. The fraction of sp³-hybridized carbons (Fsp3) is 0. The Morgan fingerprint density at radius 1 is 1.03 bits per heavy atom. The highest BCUT2D eigenvalue weighted by Crippen LogP contribution is 2.41. The number of rotatable bonds is 3. The highest BCUT2D eigenvalue weighted by Gasteiger charge is 2.17. The number of nitro benzene ring substituents is 1. The number of halogens is 3. The van der Waals surface area contributed by atoms with Crippen LogP contribution in [0.1, 0.15) is 0 Å². The van der Waals surface area contributed by atoms with Crippen molar-refractivity contribution in [2.45, 2.75) is 4.90 Å². The Bertz CT molecular complexity index is 1210. The van der Waals surface area contributed by atoms with Gasteiger partial charge in [-0.25, -0.2) is 4.63 Å². The number of benzene rings is 3. The van der Waals surface area contributed by atoms with Crippen molar-refractivity contribution in [3.8, 4) is 11.5 Å². The lowest BCUT2D eigenvalue weighted by atomic mass is 10.3. The Balaban J connectivity index is 0.000000212. The van der Waals surface area contributed by atoms with Crippen molar-refractivity contribution in [3.05, 3.63) is 73.7 Å². The Hall–Kier alpha value is -2.72. The van der Waals surface area contributed by atoms with Crippen LogP contribution in [0.4, 0.5) is 11.4 Å². The van der Waals surface area contributed by atoms with E-state index in [1.54, 1.807) is 30.3 Å². The molecular weight excluding hydrogens is 475 g/mol. The van der Waals surface area contributed by atoms with Gasteiger partial charge in [-0.3, -0.25) is 10.1 Å². The third kappa shape index (κ3) is 5.06. The number of fused-ring (bicyclic) bond motifs is 1. The van der Waals surface area contributed by atoms with E-state index in [0.29, 0.717) is 32.4 Å². The lowest BCUT2D eigenvalue weighted by Gasteiger charge is -2.11. The largest absolute Gasteiger partial charge is 0.453 e. The molecule has 0 atom stereocenters. The molecule has 154 valence electrons. The maximum atomic E-state index is 10.7. The number of thiol groups is 1. The van der Waals surface area contributed by atoms with Gasteiger partial charge in [0.05, 0.1) is 25.7 Å². The fourth-order valence-corrected chi connectivity index (χ4v) is 3.31. The van der Waals surface area contributed by atoms with Crippen LogP contribution in [0.5, 0.6) is 11.5 Å². The number of anilines is 1. The van der Waals surface area contributed by atoms with Gasteiger partial charge >= 0.3 is 0 Å². The molecule has 8 nitrogen and oxygen atoms in total. The molecule has 2 N–H and O–H groups in total. The van der Waals surface area contributed by atoms with Crippen molar-refractivity contribution < 1.29 is 14.3 Å². The molecule has 12 heteroatoms. The van der Waals surface area contributed by atoms with E-state index >= 15 is 0 Å². The van der Waals surface area contributed by atoms with Crippen LogP contribution in [-0.2, 0) is 0 Å². The summed E-state index contributed by atoms with van der Waals surface area (Å²) in [7, 11) is 0. The number of nitrogen functional groups attached to an aromatic ring is 1. The second-order valence-electron chi connectivity index (χ2n) is 5.69. The molecule has 0 aliphatic heterocycles. The van der Waals surface area contributed by atoms with Crippen molar-refractivity contribution in [2.75, 3.05) is 5.73 Å². The SMILES string of the molecule is Nc1cccc2nonc12.O=[N+]([O-])c1cc(Cl)c(Oc2ccc(S)cc2Cl)c(Cl)c1. The van der Waals surface area contributed by atoms with Gasteiger partial charge in [-0.2, -0.15) is 0 Å². The molecule has 0 radical (unpaired) electrons. The summed E-state index contributed by atoms with van der Waals surface area (Å²) < 4.78 is 9.97. The quantitative estimate of drug-likeness (QED) is 0.148. The summed E-state index contributed by atoms with van der Waals surface area (Å²) >= 11 is 22.0. The zero-order chi connectivity index (χ0) is 21.8. The number of nitrogens with two attached hydrogens (primary N) is 1. The molecule has 0 fully saturated rings. The molecule has 4 rings (SSSR count). The molecule has 4 aromatic rings. The predicted molar refractivity (Wildman–Crippen MR) is 118 cm³/mol. The molecule has 0 aliphatic rings. The van der Waals surface area contributed by atoms with Gasteiger partial charge in [-0.15, -0.1) is 12.6 Å². The second kappa shape index (κ2) is 9.40. The summed E-state index contributed by atoms with van der Waals surface area (Å²) in [5, 5.41) is 18.3. The summed E-state index contributed by atoms with van der Waals surface area (Å²) in [5.41, 5.74) is 7.24. The lowest BCUT2D eigenvalue weighted by Crippen LogP contribution is -1.92. The maximum Gasteiger partial charge on any atom is 0.272 e. The van der Waals surface area contributed by atoms with Crippen LogP contribution in [0.3, 0.4) is 0 Å². The summed E-state index contributed by atoms with van der Waals surface area (Å²) in [5.74, 6) is 0.426. The summed E-state index contributed by atoms with van der Waals surface area (Å²) in [6, 6.07) is 12.5. The highest BCUT2D eigenvalue weighted by atomic mass is 35.5. The molecule has 0 amide bonds. The van der Waals surface area contributed by atoms with Gasteiger partial charge in [0.15, 0.2) is 11.3 Å². The monoisotopic (exact) mass is 484 g/mol. The normalized spacial score (nSPS) is 10.4. The molecule has 1 heterocycles. The molecule has 0 aliphatic carbocycles. The third-order valence-corrected chi connectivity index (χ3v) is 4.77. The minimum Gasteiger partial charge on any atom is -0.453 e. The van der Waals surface area contributed by atoms with Crippen LogP contribution >= 0.6 is 47.4 Å². The number of ether oxygens (including phenoxy) is 1. The zero-order valence-electron chi connectivity index (χ0n) is 14.8. The van der Waals surface area contributed by atoms with Crippen LogP contribution in [0.2, 0.25) is 15.1 Å². The molecule has 3 aromatic carbocycles. The predicted octanol–water partition coefficient (Wildman–Crippen LogP) is 6.44. The van der Waals surface area contributed by atoms with Crippen LogP contribution < -0.4 is 10.5 Å². The first-order valence-corrected chi connectivity index (χ1v) is 9.61. The molecule has 0 spiro atoms. The molecule has 0 unspecified atom stereocenters. The molecular formula is C18H11Cl3N4O4S. The minimum atomic E-state index is -0.593. The minimum absolute atomic E-state index is 0.0233. The van der Waals surface area contributed by atoms with E-state index in [-0.39, 0.29) is 21.5 Å². The van der Waals surface area contributed by atoms with E-state index in [2.05, 4.69) is 27.6 Å². The fourth-order valence-electron chi connectivity index (χ4n) is 2.26. The van der Waals surface area contributed by atoms with E-state index in [1.165, 1.54) is 0 Å². The van der Waals surface area contributed by atoms with Gasteiger partial charge in [0.2, 0.25) is 0 Å². The Kier molecular flexibility index (Phi) is 6.88. The summed E-state index contributed by atoms with van der Waals surface area (Å²) in [6.45, 7) is 0. The molecule has 30 heavy (non-hydrogen) atoms. The van der Waals surface area contributed by atoms with E-state index < -0.39 is 4.92 Å². The number of nitrogens with zero attached hydrogens (tertiary/aromatic N) is 3. The number of non-ortho nitro benzene ring substituents is 1. The van der Waals surface area contributed by atoms with Crippen molar-refractivity contribution in [1.82, 2.24) is 10.3 Å². The first kappa shape index (κ1) is 22.0. The van der Waals surface area contributed by atoms with E-state index in [9.17, 15) is 10.1 Å². The summed E-state index contributed by atoms with van der Waals surface area (Å²) in [4.78, 5) is 10.8. The number of hydrogen-bond acceptors (Lipinski definition) is 8. The first-order valence-electron chi connectivity index (χ1n) is 8.03. The van der Waals surface area contributed by atoms with Crippen molar-refractivity contribution in [1.29, 1.82) is 0 Å². The topological polar surface area (TPSA) is 117 Å². The third-order valence-electron chi connectivity index (χ3n) is 3.64. The van der Waals surface area contributed by atoms with E-state index in [0.717, 1.165) is 12.1 Å². The van der Waals surface area contributed by atoms with Gasteiger partial charge in [0.25, 0.3) is 5.69 Å². The lowest BCUT2D eigenvalue weighted by molar-refractivity contribution is -0.384. The highest BCUT2D eigenvalue weighted by molar-refractivity contribution is 7.80. The first-order chi connectivity index (χ1) is 14.3. The number of hydrogen-bond donors (Lipinski definition) is 2. The number of nitro groups is 1. The Labute approximate surface area is 190 Å². The summed E-state index contributed by atoms with van der Waals surface area (Å²) in [6.07, 6.45) is 0. The van der Waals surface area contributed by atoms with Crippen LogP contribution in [-0.4, -0.2) is 15.2 Å². The van der Waals surface area contributed by atoms with E-state index in [1.807, 2.05) is 6.07 Å².